The van der Waals surface area contributed by atoms with Gasteiger partial charge in [0, 0.05) is 10.5 Å². The quantitative estimate of drug-likeness (QED) is 0.178. The van der Waals surface area contributed by atoms with Gasteiger partial charge in [-0.25, -0.2) is 4.79 Å². The minimum absolute atomic E-state index is 0.171. The number of unbranched alkanes of at least 4 members (excludes halogenated alkanes) is 1. The second kappa shape index (κ2) is 8.38. The molecule has 1 atom stereocenters. The molecule has 0 spiro atoms. The van der Waals surface area contributed by atoms with Gasteiger partial charge in [-0.1, -0.05) is 18.5 Å². The highest BCUT2D eigenvalue weighted by atomic mass is 32.2. The maximum Gasteiger partial charge on any atom is 0.348 e. The van der Waals surface area contributed by atoms with Crippen molar-refractivity contribution in [1.82, 2.24) is 0 Å². The Morgan fingerprint density at radius 3 is 2.96 bits per heavy atom. The summed E-state index contributed by atoms with van der Waals surface area (Å²) in [5, 5.41) is 3.60. The Hall–Kier alpha value is -1.50. The minimum Gasteiger partial charge on any atom is -0.462 e. The average molecular weight is 353 g/mol. The van der Waals surface area contributed by atoms with E-state index in [0.29, 0.717) is 29.9 Å². The number of ether oxygens (including phenoxy) is 1. The molecule has 0 saturated heterocycles. The van der Waals surface area contributed by atoms with Crippen LogP contribution in [0.15, 0.2) is 9.32 Å². The summed E-state index contributed by atoms with van der Waals surface area (Å²) in [6, 6.07) is -0.664. The standard InChI is InChI=1S/C15H19N3O3S2/c1-3-5-8-22-15-11-9(13(23-15)14(20)21-4-2)6-7-10(12(11)19)17-18-16/h10H,3-8H2,1-2H3. The summed E-state index contributed by atoms with van der Waals surface area (Å²) in [5.41, 5.74) is 9.96. The predicted molar refractivity (Wildman–Crippen MR) is 91.5 cm³/mol. The first-order valence-corrected chi connectivity index (χ1v) is 9.48. The SMILES string of the molecule is CCCCSc1sc(C(=O)OCC)c2c1C(=O)C(N=[N+]=[N-])CC2. The van der Waals surface area contributed by atoms with Crippen molar-refractivity contribution in [1.29, 1.82) is 0 Å². The summed E-state index contributed by atoms with van der Waals surface area (Å²) in [6.07, 6.45) is 3.11. The zero-order valence-electron chi connectivity index (χ0n) is 13.2. The molecule has 2 rings (SSSR count). The van der Waals surface area contributed by atoms with Gasteiger partial charge in [0.05, 0.1) is 10.8 Å². The van der Waals surface area contributed by atoms with Gasteiger partial charge < -0.3 is 4.74 Å². The summed E-state index contributed by atoms with van der Waals surface area (Å²) in [4.78, 5) is 28.1. The Morgan fingerprint density at radius 2 is 2.30 bits per heavy atom. The zero-order chi connectivity index (χ0) is 16.8. The fraction of sp³-hybridized carbons (Fsp3) is 0.600. The maximum atomic E-state index is 12.6. The number of fused-ring (bicyclic) bond motifs is 1. The van der Waals surface area contributed by atoms with Crippen LogP contribution in [-0.2, 0) is 11.2 Å². The van der Waals surface area contributed by atoms with E-state index in [0.717, 1.165) is 28.4 Å². The molecule has 0 radical (unpaired) electrons. The number of ketones is 1. The van der Waals surface area contributed by atoms with Gasteiger partial charge in [0.1, 0.15) is 10.9 Å². The number of carbonyl (C=O) groups is 2. The second-order valence-electron chi connectivity index (χ2n) is 5.12. The van der Waals surface area contributed by atoms with Gasteiger partial charge in [0.25, 0.3) is 0 Å². The number of Topliss-reactive ketones (excluding diaryl/α,β-unsaturated/α-hetero) is 1. The predicted octanol–water partition coefficient (Wildman–Crippen LogP) is 4.62. The highest BCUT2D eigenvalue weighted by Gasteiger charge is 2.35. The average Bonchev–Trinajstić information content (AvgIpc) is 2.90. The third-order valence-electron chi connectivity index (χ3n) is 3.57. The zero-order valence-corrected chi connectivity index (χ0v) is 14.8. The van der Waals surface area contributed by atoms with E-state index >= 15 is 0 Å². The van der Waals surface area contributed by atoms with E-state index in [-0.39, 0.29) is 11.8 Å². The van der Waals surface area contributed by atoms with Gasteiger partial charge in [0.2, 0.25) is 0 Å². The molecule has 1 aliphatic rings. The van der Waals surface area contributed by atoms with E-state index in [4.69, 9.17) is 10.3 Å². The Morgan fingerprint density at radius 1 is 1.52 bits per heavy atom. The van der Waals surface area contributed by atoms with Crippen LogP contribution in [0.3, 0.4) is 0 Å². The van der Waals surface area contributed by atoms with Crippen molar-refractivity contribution in [3.05, 3.63) is 26.4 Å². The van der Waals surface area contributed by atoms with Crippen LogP contribution in [0.2, 0.25) is 0 Å². The van der Waals surface area contributed by atoms with Crippen LogP contribution in [0.25, 0.3) is 10.4 Å². The molecule has 1 unspecified atom stereocenters. The number of thioether (sulfide) groups is 1. The van der Waals surface area contributed by atoms with Crippen LogP contribution in [-0.4, -0.2) is 30.2 Å². The Kier molecular flexibility index (Phi) is 6.50. The summed E-state index contributed by atoms with van der Waals surface area (Å²) in [6.45, 7) is 4.17. The van der Waals surface area contributed by atoms with Crippen molar-refractivity contribution >= 4 is 34.9 Å². The van der Waals surface area contributed by atoms with Crippen LogP contribution in [0, 0.1) is 0 Å². The molecule has 0 amide bonds. The number of rotatable bonds is 7. The van der Waals surface area contributed by atoms with Crippen LogP contribution in [0.4, 0.5) is 0 Å². The van der Waals surface area contributed by atoms with E-state index in [1.54, 1.807) is 18.7 Å². The molecule has 124 valence electrons. The van der Waals surface area contributed by atoms with Crippen LogP contribution < -0.4 is 0 Å². The molecule has 1 heterocycles. The van der Waals surface area contributed by atoms with Crippen molar-refractivity contribution < 1.29 is 14.3 Å². The molecule has 0 bridgehead atoms. The number of esters is 1. The van der Waals surface area contributed by atoms with E-state index < -0.39 is 6.04 Å². The van der Waals surface area contributed by atoms with Crippen molar-refractivity contribution in [2.75, 3.05) is 12.4 Å². The van der Waals surface area contributed by atoms with Crippen molar-refractivity contribution in [3.63, 3.8) is 0 Å². The molecule has 0 aromatic carbocycles. The van der Waals surface area contributed by atoms with E-state index in [1.807, 2.05) is 0 Å². The molecule has 1 aliphatic carbocycles. The number of nitrogens with zero attached hydrogens (tertiary/aromatic N) is 3. The fourth-order valence-electron chi connectivity index (χ4n) is 2.45. The fourth-order valence-corrected chi connectivity index (χ4v) is 5.16. The first-order chi connectivity index (χ1) is 11.1. The van der Waals surface area contributed by atoms with Gasteiger partial charge in [-0.3, -0.25) is 4.79 Å². The lowest BCUT2D eigenvalue weighted by Gasteiger charge is -2.18. The molecule has 8 heteroatoms. The Bertz CT molecular complexity index is 651. The summed E-state index contributed by atoms with van der Waals surface area (Å²) in [7, 11) is 0. The van der Waals surface area contributed by atoms with Crippen molar-refractivity contribution in [2.45, 2.75) is 49.8 Å². The smallest absolute Gasteiger partial charge is 0.348 e. The highest BCUT2D eigenvalue weighted by molar-refractivity contribution is 8.01. The van der Waals surface area contributed by atoms with Gasteiger partial charge in [-0.05, 0) is 43.0 Å². The monoisotopic (exact) mass is 353 g/mol. The van der Waals surface area contributed by atoms with Gasteiger partial charge in [-0.2, -0.15) is 0 Å². The van der Waals surface area contributed by atoms with E-state index in [1.165, 1.54) is 11.3 Å². The summed E-state index contributed by atoms with van der Waals surface area (Å²) in [5.74, 6) is 0.353. The summed E-state index contributed by atoms with van der Waals surface area (Å²) < 4.78 is 5.96. The molecule has 0 aliphatic heterocycles. The molecular formula is C15H19N3O3S2. The summed E-state index contributed by atoms with van der Waals surface area (Å²) >= 11 is 2.93. The normalized spacial score (nSPS) is 16.6. The lowest BCUT2D eigenvalue weighted by atomic mass is 9.89. The van der Waals surface area contributed by atoms with Crippen LogP contribution in [0.5, 0.6) is 0 Å². The minimum atomic E-state index is -0.664. The maximum absolute atomic E-state index is 12.6. The Balaban J connectivity index is 2.40. The van der Waals surface area contributed by atoms with Crippen LogP contribution in [0.1, 0.15) is 58.7 Å². The van der Waals surface area contributed by atoms with Crippen molar-refractivity contribution in [2.24, 2.45) is 5.11 Å². The molecule has 0 N–H and O–H groups in total. The molecule has 0 fully saturated rings. The lowest BCUT2D eigenvalue weighted by Crippen LogP contribution is -2.26. The molecule has 23 heavy (non-hydrogen) atoms. The van der Waals surface area contributed by atoms with Gasteiger partial charge in [-0.15, -0.1) is 23.1 Å². The van der Waals surface area contributed by atoms with Gasteiger partial charge >= 0.3 is 5.97 Å². The number of hydrogen-bond acceptors (Lipinski definition) is 6. The number of thiophene rings is 1. The van der Waals surface area contributed by atoms with E-state index in [2.05, 4.69) is 16.9 Å². The largest absolute Gasteiger partial charge is 0.462 e. The van der Waals surface area contributed by atoms with Crippen molar-refractivity contribution in [3.8, 4) is 0 Å². The van der Waals surface area contributed by atoms with Crippen LogP contribution >= 0.6 is 23.1 Å². The molecule has 1 aromatic rings. The van der Waals surface area contributed by atoms with E-state index in [9.17, 15) is 9.59 Å². The number of azide groups is 1. The third-order valence-corrected chi connectivity index (χ3v) is 6.14. The molecular weight excluding hydrogens is 334 g/mol. The first-order valence-electron chi connectivity index (χ1n) is 7.67. The third kappa shape index (κ3) is 3.88. The highest BCUT2D eigenvalue weighted by Crippen LogP contribution is 2.41. The molecule has 6 nitrogen and oxygen atoms in total. The van der Waals surface area contributed by atoms with Gasteiger partial charge in [0.15, 0.2) is 5.78 Å². The molecule has 1 aromatic heterocycles. The number of hydrogen-bond donors (Lipinski definition) is 0. The first kappa shape index (κ1) is 17.8. The Labute approximate surface area is 143 Å². The topological polar surface area (TPSA) is 92.1 Å². The molecule has 0 saturated carbocycles. The lowest BCUT2D eigenvalue weighted by molar-refractivity contribution is 0.0531. The number of carbonyl (C=O) groups excluding carboxylic acids is 2. The second-order valence-corrected chi connectivity index (χ2v) is 7.50.